The summed E-state index contributed by atoms with van der Waals surface area (Å²) in [5, 5.41) is 15.8. The van der Waals surface area contributed by atoms with E-state index in [0.717, 1.165) is 11.3 Å². The third-order valence-corrected chi connectivity index (χ3v) is 4.05. The Kier molecular flexibility index (Phi) is 6.13. The highest BCUT2D eigenvalue weighted by atomic mass is 16.6. The Morgan fingerprint density at radius 3 is 2.55 bits per heavy atom. The fraction of sp³-hybridized carbons (Fsp3) is 0.286. The van der Waals surface area contributed by atoms with Gasteiger partial charge in [0.05, 0.1) is 24.0 Å². The topological polar surface area (TPSA) is 110 Å². The molecule has 0 radical (unpaired) electrons. The number of anilines is 2. The number of hydrogen-bond donors (Lipinski definition) is 3. The lowest BCUT2D eigenvalue weighted by Gasteiger charge is -2.12. The van der Waals surface area contributed by atoms with E-state index >= 15 is 0 Å². The van der Waals surface area contributed by atoms with Crippen LogP contribution in [0, 0.1) is 0 Å². The van der Waals surface area contributed by atoms with Crippen molar-refractivity contribution >= 4 is 17.4 Å². The molecule has 0 unspecified atom stereocenters. The predicted molar refractivity (Wildman–Crippen MR) is 108 cm³/mol. The maximum absolute atomic E-state index is 12.2. The second kappa shape index (κ2) is 8.74. The van der Waals surface area contributed by atoms with Crippen molar-refractivity contribution in [3.63, 3.8) is 0 Å². The van der Waals surface area contributed by atoms with Gasteiger partial charge in [-0.15, -0.1) is 0 Å². The van der Waals surface area contributed by atoms with Crippen LogP contribution in [-0.2, 0) is 28.1 Å². The smallest absolute Gasteiger partial charge is 0.230 e. The van der Waals surface area contributed by atoms with Crippen molar-refractivity contribution in [3.05, 3.63) is 65.7 Å². The van der Waals surface area contributed by atoms with Crippen molar-refractivity contribution in [1.29, 1.82) is 0 Å². The van der Waals surface area contributed by atoms with Gasteiger partial charge in [-0.05, 0) is 29.8 Å². The standard InChI is InChI=1S/C21H24N4O4/c1-21(2,3)18-11-19(25-29-18)23-20(27)10-14-4-6-15(7-5-14)24-28-13-16-8-9-17(26)12-22-16/h4-9,11-12,24,26H,10,13H2,1-3H3,(H,23,25,27). The highest BCUT2D eigenvalue weighted by Gasteiger charge is 2.20. The molecule has 8 heteroatoms. The third kappa shape index (κ3) is 6.05. The van der Waals surface area contributed by atoms with E-state index in [1.165, 1.54) is 6.20 Å². The number of nitrogens with zero attached hydrogens (tertiary/aromatic N) is 2. The first kappa shape index (κ1) is 20.3. The van der Waals surface area contributed by atoms with Crippen molar-refractivity contribution in [3.8, 4) is 5.75 Å². The molecule has 8 nitrogen and oxygen atoms in total. The maximum atomic E-state index is 12.2. The van der Waals surface area contributed by atoms with Crippen LogP contribution in [0.1, 0.15) is 37.8 Å². The van der Waals surface area contributed by atoms with Crippen molar-refractivity contribution in [1.82, 2.24) is 10.1 Å². The lowest BCUT2D eigenvalue weighted by atomic mass is 9.93. The Hall–Kier alpha value is -3.39. The molecule has 2 aromatic heterocycles. The van der Waals surface area contributed by atoms with Crippen LogP contribution in [0.5, 0.6) is 5.75 Å². The molecule has 29 heavy (non-hydrogen) atoms. The Labute approximate surface area is 168 Å². The van der Waals surface area contributed by atoms with Gasteiger partial charge in [-0.25, -0.2) is 0 Å². The summed E-state index contributed by atoms with van der Waals surface area (Å²) in [5.74, 6) is 1.06. The molecule has 0 aliphatic carbocycles. The lowest BCUT2D eigenvalue weighted by Crippen LogP contribution is -2.14. The second-order valence-corrected chi connectivity index (χ2v) is 7.65. The molecule has 2 heterocycles. The summed E-state index contributed by atoms with van der Waals surface area (Å²) in [4.78, 5) is 21.6. The van der Waals surface area contributed by atoms with E-state index in [9.17, 15) is 9.90 Å². The van der Waals surface area contributed by atoms with Crippen molar-refractivity contribution in [2.75, 3.05) is 10.8 Å². The Balaban J connectivity index is 1.46. The zero-order valence-corrected chi connectivity index (χ0v) is 16.6. The van der Waals surface area contributed by atoms with Gasteiger partial charge in [-0.1, -0.05) is 38.1 Å². The average Bonchev–Trinajstić information content (AvgIpc) is 3.13. The molecule has 152 valence electrons. The summed E-state index contributed by atoms with van der Waals surface area (Å²) in [7, 11) is 0. The molecule has 0 bridgehead atoms. The minimum absolute atomic E-state index is 0.111. The van der Waals surface area contributed by atoms with Gasteiger partial charge in [-0.2, -0.15) is 0 Å². The Morgan fingerprint density at radius 2 is 1.93 bits per heavy atom. The Morgan fingerprint density at radius 1 is 1.17 bits per heavy atom. The minimum Gasteiger partial charge on any atom is -0.506 e. The number of rotatable bonds is 7. The molecule has 0 atom stereocenters. The van der Waals surface area contributed by atoms with Crippen LogP contribution in [-0.4, -0.2) is 21.2 Å². The van der Waals surface area contributed by atoms with E-state index in [-0.39, 0.29) is 30.1 Å². The number of aromatic hydroxyl groups is 1. The molecule has 0 aliphatic heterocycles. The van der Waals surface area contributed by atoms with Gasteiger partial charge >= 0.3 is 0 Å². The van der Waals surface area contributed by atoms with Gasteiger partial charge in [0.25, 0.3) is 0 Å². The molecular formula is C21H24N4O4. The Bertz CT molecular complexity index is 944. The summed E-state index contributed by atoms with van der Waals surface area (Å²) in [6.07, 6.45) is 1.58. The van der Waals surface area contributed by atoms with Crippen molar-refractivity contribution in [2.45, 2.75) is 39.2 Å². The van der Waals surface area contributed by atoms with Crippen molar-refractivity contribution in [2.24, 2.45) is 0 Å². The molecule has 3 aromatic rings. The first-order valence-corrected chi connectivity index (χ1v) is 9.17. The van der Waals surface area contributed by atoms with Gasteiger partial charge in [0.15, 0.2) is 5.82 Å². The number of pyridine rings is 1. The lowest BCUT2D eigenvalue weighted by molar-refractivity contribution is -0.115. The predicted octanol–water partition coefficient (Wildman–Crippen LogP) is 3.80. The van der Waals surface area contributed by atoms with Crippen LogP contribution in [0.4, 0.5) is 11.5 Å². The molecule has 0 spiro atoms. The molecule has 1 amide bonds. The molecule has 0 fully saturated rings. The highest BCUT2D eigenvalue weighted by molar-refractivity contribution is 5.91. The fourth-order valence-corrected chi connectivity index (χ4v) is 2.45. The first-order valence-electron chi connectivity index (χ1n) is 9.17. The van der Waals surface area contributed by atoms with Crippen LogP contribution in [0.25, 0.3) is 0 Å². The maximum Gasteiger partial charge on any atom is 0.230 e. The normalized spacial score (nSPS) is 11.3. The van der Waals surface area contributed by atoms with E-state index in [1.807, 2.05) is 45.0 Å². The summed E-state index contributed by atoms with van der Waals surface area (Å²) in [6, 6.07) is 12.3. The van der Waals surface area contributed by atoms with E-state index < -0.39 is 0 Å². The van der Waals surface area contributed by atoms with Gasteiger partial charge in [-0.3, -0.25) is 20.1 Å². The zero-order chi connectivity index (χ0) is 20.9. The van der Waals surface area contributed by atoms with Crippen molar-refractivity contribution < 1.29 is 19.3 Å². The zero-order valence-electron chi connectivity index (χ0n) is 16.6. The van der Waals surface area contributed by atoms with Crippen LogP contribution in [0.2, 0.25) is 0 Å². The SMILES string of the molecule is CC(C)(C)c1cc(NC(=O)Cc2ccc(NOCc3ccc(O)cn3)cc2)no1. The summed E-state index contributed by atoms with van der Waals surface area (Å²) in [6.45, 7) is 6.29. The van der Waals surface area contributed by atoms with E-state index in [2.05, 4.69) is 20.9 Å². The molecule has 0 saturated heterocycles. The minimum atomic E-state index is -0.172. The molecular weight excluding hydrogens is 372 g/mol. The number of amides is 1. The van der Waals surface area contributed by atoms with Crippen LogP contribution in [0.15, 0.2) is 53.2 Å². The van der Waals surface area contributed by atoms with Gasteiger partial charge < -0.3 is 14.9 Å². The molecule has 3 rings (SSSR count). The van der Waals surface area contributed by atoms with E-state index in [4.69, 9.17) is 9.36 Å². The summed E-state index contributed by atoms with van der Waals surface area (Å²) < 4.78 is 5.27. The quantitative estimate of drug-likeness (QED) is 0.521. The number of nitrogens with one attached hydrogen (secondary N) is 2. The van der Waals surface area contributed by atoms with Crippen LogP contribution < -0.4 is 10.8 Å². The van der Waals surface area contributed by atoms with E-state index in [1.54, 1.807) is 18.2 Å². The molecule has 0 aliphatic rings. The number of hydrogen-bond acceptors (Lipinski definition) is 7. The van der Waals surface area contributed by atoms with E-state index in [0.29, 0.717) is 17.3 Å². The molecule has 0 saturated carbocycles. The monoisotopic (exact) mass is 396 g/mol. The van der Waals surface area contributed by atoms with Gasteiger partial charge in [0.2, 0.25) is 5.91 Å². The van der Waals surface area contributed by atoms with Gasteiger partial charge in [0.1, 0.15) is 18.1 Å². The first-order chi connectivity index (χ1) is 13.8. The second-order valence-electron chi connectivity index (χ2n) is 7.65. The average molecular weight is 396 g/mol. The highest BCUT2D eigenvalue weighted by Crippen LogP contribution is 2.24. The van der Waals surface area contributed by atoms with Gasteiger partial charge in [0, 0.05) is 11.5 Å². The van der Waals surface area contributed by atoms with Crippen LogP contribution >= 0.6 is 0 Å². The number of aromatic nitrogens is 2. The fourth-order valence-electron chi connectivity index (χ4n) is 2.45. The number of carbonyl (C=O) groups is 1. The number of carbonyl (C=O) groups excluding carboxylic acids is 1. The largest absolute Gasteiger partial charge is 0.506 e. The third-order valence-electron chi connectivity index (χ3n) is 4.05. The number of benzene rings is 1. The summed E-state index contributed by atoms with van der Waals surface area (Å²) >= 11 is 0. The molecule has 1 aromatic carbocycles. The summed E-state index contributed by atoms with van der Waals surface area (Å²) in [5.41, 5.74) is 4.94. The molecule has 3 N–H and O–H groups in total. The van der Waals surface area contributed by atoms with Crippen LogP contribution in [0.3, 0.4) is 0 Å².